The van der Waals surface area contributed by atoms with Crippen LogP contribution in [0.4, 0.5) is 0 Å². The molecule has 0 fully saturated rings. The van der Waals surface area contributed by atoms with Crippen LogP contribution in [0.25, 0.3) is 0 Å². The number of carbonyl (C=O) groups is 1. The molecule has 0 aliphatic rings. The van der Waals surface area contributed by atoms with Crippen LogP contribution in [0.2, 0.25) is 5.02 Å². The molecule has 2 rings (SSSR count). The van der Waals surface area contributed by atoms with E-state index in [1.165, 1.54) is 36.7 Å². The quantitative estimate of drug-likeness (QED) is 0.780. The van der Waals surface area contributed by atoms with E-state index in [0.717, 1.165) is 5.56 Å². The second-order valence-corrected chi connectivity index (χ2v) is 8.09. The molecule has 6 nitrogen and oxygen atoms in total. The Morgan fingerprint density at radius 2 is 1.85 bits per heavy atom. The first kappa shape index (κ1) is 20.2. The number of ether oxygens (including phenoxy) is 1. The summed E-state index contributed by atoms with van der Waals surface area (Å²) in [5, 5.41) is 3.23. The van der Waals surface area contributed by atoms with E-state index >= 15 is 0 Å². The molecule has 0 aromatic heterocycles. The summed E-state index contributed by atoms with van der Waals surface area (Å²) in [5.74, 6) is -0.0722. The molecule has 0 radical (unpaired) electrons. The van der Waals surface area contributed by atoms with Crippen molar-refractivity contribution >= 4 is 27.5 Å². The van der Waals surface area contributed by atoms with Crippen LogP contribution in [-0.2, 0) is 16.6 Å². The molecular weight excluding hydrogens is 376 g/mol. The number of nitrogens with one attached hydrogen (secondary N) is 1. The molecule has 0 aliphatic carbocycles. The lowest BCUT2D eigenvalue weighted by Crippen LogP contribution is -2.27. The Hall–Kier alpha value is -2.09. The third-order valence-electron chi connectivity index (χ3n) is 3.78. The summed E-state index contributed by atoms with van der Waals surface area (Å²) in [6.07, 6.45) is 0. The zero-order valence-corrected chi connectivity index (χ0v) is 16.4. The SMILES string of the molecule is CCNC(=O)c1cc(S(=O)(=O)N(C)Cc2ccc(Cl)cc2)ccc1OC. The molecule has 0 saturated heterocycles. The number of carbonyl (C=O) groups excluding carboxylic acids is 1. The highest BCUT2D eigenvalue weighted by Crippen LogP contribution is 2.25. The van der Waals surface area contributed by atoms with Crippen molar-refractivity contribution in [3.63, 3.8) is 0 Å². The fourth-order valence-electron chi connectivity index (χ4n) is 2.39. The number of benzene rings is 2. The van der Waals surface area contributed by atoms with Crippen molar-refractivity contribution < 1.29 is 17.9 Å². The van der Waals surface area contributed by atoms with Crippen LogP contribution in [0.15, 0.2) is 47.4 Å². The van der Waals surface area contributed by atoms with Gasteiger partial charge in [0.05, 0.1) is 17.6 Å². The maximum atomic E-state index is 12.9. The normalized spacial score (nSPS) is 11.4. The lowest BCUT2D eigenvalue weighted by Gasteiger charge is -2.18. The van der Waals surface area contributed by atoms with Crippen LogP contribution >= 0.6 is 11.6 Å². The summed E-state index contributed by atoms with van der Waals surface area (Å²) in [6, 6.07) is 11.2. The Labute approximate surface area is 158 Å². The summed E-state index contributed by atoms with van der Waals surface area (Å²) < 4.78 is 32.1. The average molecular weight is 397 g/mol. The fourth-order valence-corrected chi connectivity index (χ4v) is 3.70. The smallest absolute Gasteiger partial charge is 0.255 e. The second kappa shape index (κ2) is 8.53. The van der Waals surface area contributed by atoms with E-state index in [-0.39, 0.29) is 22.9 Å². The van der Waals surface area contributed by atoms with Gasteiger partial charge in [0.1, 0.15) is 5.75 Å². The van der Waals surface area contributed by atoms with Gasteiger partial charge >= 0.3 is 0 Å². The molecule has 0 bridgehead atoms. The number of methoxy groups -OCH3 is 1. The van der Waals surface area contributed by atoms with Gasteiger partial charge in [-0.05, 0) is 42.8 Å². The predicted octanol–water partition coefficient (Wildman–Crippen LogP) is 2.92. The zero-order valence-electron chi connectivity index (χ0n) is 14.8. The molecule has 2 aromatic rings. The minimum atomic E-state index is -3.78. The summed E-state index contributed by atoms with van der Waals surface area (Å²) in [7, 11) is -0.863. The maximum absolute atomic E-state index is 12.9. The molecule has 0 unspecified atom stereocenters. The van der Waals surface area contributed by atoms with E-state index in [9.17, 15) is 13.2 Å². The van der Waals surface area contributed by atoms with Gasteiger partial charge in [-0.25, -0.2) is 8.42 Å². The first-order chi connectivity index (χ1) is 12.3. The van der Waals surface area contributed by atoms with Crippen LogP contribution in [0.3, 0.4) is 0 Å². The van der Waals surface area contributed by atoms with Crippen molar-refractivity contribution in [2.45, 2.75) is 18.4 Å². The maximum Gasteiger partial charge on any atom is 0.255 e. The highest BCUT2D eigenvalue weighted by atomic mass is 35.5. The van der Waals surface area contributed by atoms with Gasteiger partial charge in [0.2, 0.25) is 10.0 Å². The molecule has 0 aliphatic heterocycles. The van der Waals surface area contributed by atoms with Crippen LogP contribution in [0, 0.1) is 0 Å². The van der Waals surface area contributed by atoms with Gasteiger partial charge in [0.25, 0.3) is 5.91 Å². The van der Waals surface area contributed by atoms with Gasteiger partial charge in [0.15, 0.2) is 0 Å². The Balaban J connectivity index is 2.33. The summed E-state index contributed by atoms with van der Waals surface area (Å²) in [6.45, 7) is 2.39. The van der Waals surface area contributed by atoms with Gasteiger partial charge in [0, 0.05) is 25.2 Å². The molecule has 0 spiro atoms. The molecule has 1 N–H and O–H groups in total. The van der Waals surface area contributed by atoms with Gasteiger partial charge < -0.3 is 10.1 Å². The minimum Gasteiger partial charge on any atom is -0.496 e. The van der Waals surface area contributed by atoms with E-state index < -0.39 is 10.0 Å². The van der Waals surface area contributed by atoms with Crippen molar-refractivity contribution in [2.75, 3.05) is 20.7 Å². The summed E-state index contributed by atoms with van der Waals surface area (Å²) in [5.41, 5.74) is 0.980. The van der Waals surface area contributed by atoms with Crippen molar-refractivity contribution in [2.24, 2.45) is 0 Å². The van der Waals surface area contributed by atoms with Crippen molar-refractivity contribution in [1.82, 2.24) is 9.62 Å². The van der Waals surface area contributed by atoms with Crippen LogP contribution in [-0.4, -0.2) is 39.3 Å². The van der Waals surface area contributed by atoms with Gasteiger partial charge in [-0.2, -0.15) is 4.31 Å². The average Bonchev–Trinajstić information content (AvgIpc) is 2.63. The third kappa shape index (κ3) is 4.55. The van der Waals surface area contributed by atoms with Gasteiger partial charge in [-0.15, -0.1) is 0 Å². The molecule has 8 heteroatoms. The van der Waals surface area contributed by atoms with E-state index in [1.54, 1.807) is 31.2 Å². The van der Waals surface area contributed by atoms with Crippen LogP contribution < -0.4 is 10.1 Å². The van der Waals surface area contributed by atoms with E-state index in [2.05, 4.69) is 5.32 Å². The topological polar surface area (TPSA) is 75.7 Å². The Morgan fingerprint density at radius 3 is 2.42 bits per heavy atom. The molecule has 0 heterocycles. The highest BCUT2D eigenvalue weighted by Gasteiger charge is 2.24. The standard InChI is InChI=1S/C18H21ClN2O4S/c1-4-20-18(22)16-11-15(9-10-17(16)25-3)26(23,24)21(2)12-13-5-7-14(19)8-6-13/h5-11H,4,12H2,1-3H3,(H,20,22). The molecule has 0 atom stereocenters. The second-order valence-electron chi connectivity index (χ2n) is 5.61. The molecule has 2 aromatic carbocycles. The molecule has 1 amide bonds. The molecule has 0 saturated carbocycles. The van der Waals surface area contributed by atoms with E-state index in [1.807, 2.05) is 0 Å². The Bertz CT molecular complexity index is 883. The molecule has 140 valence electrons. The molecular formula is C18H21ClN2O4S. The van der Waals surface area contributed by atoms with Gasteiger partial charge in [-0.1, -0.05) is 23.7 Å². The predicted molar refractivity (Wildman–Crippen MR) is 101 cm³/mol. The van der Waals surface area contributed by atoms with Crippen molar-refractivity contribution in [3.8, 4) is 5.75 Å². The lowest BCUT2D eigenvalue weighted by molar-refractivity contribution is 0.0952. The third-order valence-corrected chi connectivity index (χ3v) is 5.83. The largest absolute Gasteiger partial charge is 0.496 e. The first-order valence-corrected chi connectivity index (χ1v) is 9.78. The summed E-state index contributed by atoms with van der Waals surface area (Å²) in [4.78, 5) is 12.2. The number of amides is 1. The Morgan fingerprint density at radius 1 is 1.19 bits per heavy atom. The van der Waals surface area contributed by atoms with Crippen LogP contribution in [0.1, 0.15) is 22.8 Å². The Kier molecular flexibility index (Phi) is 6.63. The monoisotopic (exact) mass is 396 g/mol. The van der Waals surface area contributed by atoms with E-state index in [0.29, 0.717) is 17.3 Å². The number of hydrogen-bond donors (Lipinski definition) is 1. The highest BCUT2D eigenvalue weighted by molar-refractivity contribution is 7.89. The zero-order chi connectivity index (χ0) is 19.3. The minimum absolute atomic E-state index is 0.0241. The fraction of sp³-hybridized carbons (Fsp3) is 0.278. The summed E-state index contributed by atoms with van der Waals surface area (Å²) >= 11 is 5.85. The van der Waals surface area contributed by atoms with Crippen molar-refractivity contribution in [3.05, 3.63) is 58.6 Å². The number of rotatable bonds is 7. The first-order valence-electron chi connectivity index (χ1n) is 7.96. The molecule has 26 heavy (non-hydrogen) atoms. The van der Waals surface area contributed by atoms with Crippen LogP contribution in [0.5, 0.6) is 5.75 Å². The number of nitrogens with zero attached hydrogens (tertiary/aromatic N) is 1. The lowest BCUT2D eigenvalue weighted by atomic mass is 10.2. The number of halogens is 1. The van der Waals surface area contributed by atoms with Crippen molar-refractivity contribution in [1.29, 1.82) is 0 Å². The number of sulfonamides is 1. The van der Waals surface area contributed by atoms with Gasteiger partial charge in [-0.3, -0.25) is 4.79 Å². The van der Waals surface area contributed by atoms with E-state index in [4.69, 9.17) is 16.3 Å². The number of hydrogen-bond acceptors (Lipinski definition) is 4.